The molecule has 6 heteroatoms. The molecule has 3 heterocycles. The third-order valence-electron chi connectivity index (χ3n) is 3.80. The quantitative estimate of drug-likeness (QED) is 0.935. The fourth-order valence-electron chi connectivity index (χ4n) is 2.59. The minimum Gasteiger partial charge on any atom is -0.469 e. The number of hydrogen-bond acceptors (Lipinski definition) is 5. The Kier molecular flexibility index (Phi) is 3.85. The fraction of sp³-hybridized carbons (Fsp3) is 0.400. The van der Waals surface area contributed by atoms with Crippen molar-refractivity contribution < 1.29 is 9.21 Å². The predicted octanol–water partition coefficient (Wildman–Crippen LogP) is 2.09. The summed E-state index contributed by atoms with van der Waals surface area (Å²) in [5.74, 6) is 1.52. The zero-order valence-corrected chi connectivity index (χ0v) is 12.0. The van der Waals surface area contributed by atoms with Gasteiger partial charge in [0.25, 0.3) is 5.91 Å². The van der Waals surface area contributed by atoms with Gasteiger partial charge in [0.15, 0.2) is 0 Å². The van der Waals surface area contributed by atoms with Crippen LogP contribution in [-0.2, 0) is 0 Å². The first-order chi connectivity index (χ1) is 10.2. The topological polar surface area (TPSA) is 71.3 Å². The van der Waals surface area contributed by atoms with Crippen molar-refractivity contribution in [2.45, 2.75) is 25.8 Å². The summed E-state index contributed by atoms with van der Waals surface area (Å²) in [6.45, 7) is 3.29. The first kappa shape index (κ1) is 13.6. The van der Waals surface area contributed by atoms with Crippen LogP contribution in [0.1, 0.15) is 29.0 Å². The lowest BCUT2D eigenvalue weighted by molar-refractivity contribution is 0.0716. The van der Waals surface area contributed by atoms with Gasteiger partial charge in [0.05, 0.1) is 11.8 Å². The van der Waals surface area contributed by atoms with E-state index in [0.717, 1.165) is 31.7 Å². The molecule has 0 spiro atoms. The van der Waals surface area contributed by atoms with Crippen molar-refractivity contribution in [2.75, 3.05) is 18.4 Å². The Morgan fingerprint density at radius 2 is 2.19 bits per heavy atom. The molecule has 0 bridgehead atoms. The van der Waals surface area contributed by atoms with E-state index < -0.39 is 0 Å². The number of aryl methyl sites for hydroxylation is 1. The van der Waals surface area contributed by atoms with Crippen molar-refractivity contribution in [3.05, 3.63) is 42.0 Å². The number of aromatic nitrogens is 2. The minimum absolute atomic E-state index is 0.0548. The number of nitrogens with one attached hydrogen (secondary N) is 1. The molecule has 0 unspecified atom stereocenters. The van der Waals surface area contributed by atoms with Gasteiger partial charge < -0.3 is 14.6 Å². The second-order valence-corrected chi connectivity index (χ2v) is 5.21. The summed E-state index contributed by atoms with van der Waals surface area (Å²) >= 11 is 0. The zero-order valence-electron chi connectivity index (χ0n) is 12.0. The van der Waals surface area contributed by atoms with Crippen molar-refractivity contribution in [1.82, 2.24) is 15.1 Å². The Balaban J connectivity index is 1.56. The Bertz CT molecular complexity index is 603. The maximum absolute atomic E-state index is 12.4. The average molecular weight is 286 g/mol. The Labute approximate surface area is 123 Å². The molecule has 0 atom stereocenters. The van der Waals surface area contributed by atoms with E-state index in [-0.39, 0.29) is 5.91 Å². The molecule has 1 aliphatic rings. The molecule has 3 rings (SSSR count). The van der Waals surface area contributed by atoms with Crippen molar-refractivity contribution in [3.8, 4) is 0 Å². The van der Waals surface area contributed by atoms with Crippen LogP contribution in [0.4, 0.5) is 5.82 Å². The number of anilines is 1. The van der Waals surface area contributed by atoms with Crippen LogP contribution in [0.3, 0.4) is 0 Å². The van der Waals surface area contributed by atoms with Gasteiger partial charge in [-0.1, -0.05) is 0 Å². The number of nitrogens with zero attached hydrogens (tertiary/aromatic N) is 3. The number of carbonyl (C=O) groups is 1. The van der Waals surface area contributed by atoms with E-state index in [1.165, 1.54) is 0 Å². The Hall–Kier alpha value is -2.37. The van der Waals surface area contributed by atoms with E-state index in [1.54, 1.807) is 18.5 Å². The smallest absolute Gasteiger partial charge is 0.257 e. The van der Waals surface area contributed by atoms with Gasteiger partial charge in [-0.15, -0.1) is 5.10 Å². The number of amides is 1. The highest BCUT2D eigenvalue weighted by Crippen LogP contribution is 2.18. The molecule has 2 aromatic rings. The molecule has 0 aliphatic carbocycles. The van der Waals surface area contributed by atoms with Crippen molar-refractivity contribution in [1.29, 1.82) is 0 Å². The second kappa shape index (κ2) is 5.95. The van der Waals surface area contributed by atoms with E-state index in [0.29, 0.717) is 17.4 Å². The maximum Gasteiger partial charge on any atom is 0.257 e. The van der Waals surface area contributed by atoms with Crippen LogP contribution in [0.15, 0.2) is 35.1 Å². The highest BCUT2D eigenvalue weighted by Gasteiger charge is 2.25. The molecule has 0 aromatic carbocycles. The van der Waals surface area contributed by atoms with Crippen molar-refractivity contribution >= 4 is 11.7 Å². The van der Waals surface area contributed by atoms with Crippen LogP contribution in [-0.4, -0.2) is 40.1 Å². The summed E-state index contributed by atoms with van der Waals surface area (Å²) in [6, 6.07) is 5.83. The molecule has 0 saturated carbocycles. The van der Waals surface area contributed by atoms with Crippen LogP contribution in [0.5, 0.6) is 0 Å². The van der Waals surface area contributed by atoms with Crippen LogP contribution < -0.4 is 5.32 Å². The molecule has 1 N–H and O–H groups in total. The summed E-state index contributed by atoms with van der Waals surface area (Å²) < 4.78 is 5.20. The number of likely N-dealkylation sites (tertiary alicyclic amines) is 1. The molecule has 6 nitrogen and oxygen atoms in total. The van der Waals surface area contributed by atoms with Crippen LogP contribution >= 0.6 is 0 Å². The van der Waals surface area contributed by atoms with Crippen LogP contribution in [0, 0.1) is 6.92 Å². The fourth-order valence-corrected chi connectivity index (χ4v) is 2.59. The van der Waals surface area contributed by atoms with E-state index >= 15 is 0 Å². The number of piperidine rings is 1. The highest BCUT2D eigenvalue weighted by molar-refractivity contribution is 5.95. The maximum atomic E-state index is 12.4. The molecule has 1 aliphatic heterocycles. The highest BCUT2D eigenvalue weighted by atomic mass is 16.3. The lowest BCUT2D eigenvalue weighted by atomic mass is 10.0. The number of furan rings is 1. The summed E-state index contributed by atoms with van der Waals surface area (Å²) in [5.41, 5.74) is 0.662. The second-order valence-electron chi connectivity index (χ2n) is 5.21. The number of carbonyl (C=O) groups excluding carboxylic acids is 1. The normalized spacial score (nSPS) is 16.0. The van der Waals surface area contributed by atoms with E-state index in [1.807, 2.05) is 24.0 Å². The molecule has 2 aromatic heterocycles. The third-order valence-corrected chi connectivity index (χ3v) is 3.80. The van der Waals surface area contributed by atoms with E-state index in [9.17, 15) is 4.79 Å². The van der Waals surface area contributed by atoms with Crippen LogP contribution in [0.25, 0.3) is 0 Å². The first-order valence-electron chi connectivity index (χ1n) is 7.11. The zero-order chi connectivity index (χ0) is 14.7. The third kappa shape index (κ3) is 3.04. The summed E-state index contributed by atoms with van der Waals surface area (Å²) in [5, 5.41) is 11.2. The monoisotopic (exact) mass is 286 g/mol. The Morgan fingerprint density at radius 3 is 2.81 bits per heavy atom. The van der Waals surface area contributed by atoms with Gasteiger partial charge in [-0.2, -0.15) is 5.10 Å². The number of hydrogen-bond donors (Lipinski definition) is 1. The largest absolute Gasteiger partial charge is 0.469 e. The summed E-state index contributed by atoms with van der Waals surface area (Å²) in [4.78, 5) is 14.3. The van der Waals surface area contributed by atoms with Gasteiger partial charge in [-0.05, 0) is 38.0 Å². The van der Waals surface area contributed by atoms with Gasteiger partial charge in [0.1, 0.15) is 11.6 Å². The van der Waals surface area contributed by atoms with Gasteiger partial charge in [0, 0.05) is 25.3 Å². The molecule has 110 valence electrons. The van der Waals surface area contributed by atoms with Gasteiger partial charge in [-0.25, -0.2) is 0 Å². The van der Waals surface area contributed by atoms with Crippen molar-refractivity contribution in [3.63, 3.8) is 0 Å². The standard InChI is InChI=1S/C15H18N4O2/c1-11-13(6-10-21-11)15(20)19-8-4-12(5-9-19)17-14-3-2-7-16-18-14/h2-3,6-7,10,12H,4-5,8-9H2,1H3,(H,17,18). The summed E-state index contributed by atoms with van der Waals surface area (Å²) in [6.07, 6.45) is 5.02. The SMILES string of the molecule is Cc1occc1C(=O)N1CCC(Nc2cccnn2)CC1. The van der Waals surface area contributed by atoms with Gasteiger partial charge >= 0.3 is 0 Å². The first-order valence-corrected chi connectivity index (χ1v) is 7.11. The van der Waals surface area contributed by atoms with Gasteiger partial charge in [-0.3, -0.25) is 4.79 Å². The van der Waals surface area contributed by atoms with E-state index in [2.05, 4.69) is 15.5 Å². The molecule has 1 amide bonds. The molecular weight excluding hydrogens is 268 g/mol. The summed E-state index contributed by atoms with van der Waals surface area (Å²) in [7, 11) is 0. The molecule has 1 fully saturated rings. The number of rotatable bonds is 3. The lowest BCUT2D eigenvalue weighted by Crippen LogP contribution is -2.42. The van der Waals surface area contributed by atoms with E-state index in [4.69, 9.17) is 4.42 Å². The molecule has 0 radical (unpaired) electrons. The lowest BCUT2D eigenvalue weighted by Gasteiger charge is -2.32. The predicted molar refractivity (Wildman–Crippen MR) is 78.0 cm³/mol. The van der Waals surface area contributed by atoms with Gasteiger partial charge in [0.2, 0.25) is 0 Å². The minimum atomic E-state index is 0.0548. The molecule has 21 heavy (non-hydrogen) atoms. The average Bonchev–Trinajstić information content (AvgIpc) is 2.94. The molecular formula is C15H18N4O2. The van der Waals surface area contributed by atoms with Crippen molar-refractivity contribution in [2.24, 2.45) is 0 Å². The molecule has 1 saturated heterocycles. The Morgan fingerprint density at radius 1 is 1.38 bits per heavy atom. The van der Waals surface area contributed by atoms with Crippen LogP contribution in [0.2, 0.25) is 0 Å².